The van der Waals surface area contributed by atoms with Crippen molar-refractivity contribution in [3.8, 4) is 0 Å². The molecular formula is C15H23FN2O. The number of rotatable bonds is 8. The van der Waals surface area contributed by atoms with Crippen LogP contribution in [0.25, 0.3) is 0 Å². The molecule has 0 aliphatic rings. The monoisotopic (exact) mass is 266 g/mol. The molecule has 1 rings (SSSR count). The Hall–Kier alpha value is -1.58. The molecule has 19 heavy (non-hydrogen) atoms. The van der Waals surface area contributed by atoms with Crippen LogP contribution in [0.4, 0.5) is 10.1 Å². The van der Waals surface area contributed by atoms with E-state index in [2.05, 4.69) is 12.2 Å². The van der Waals surface area contributed by atoms with Crippen molar-refractivity contribution in [3.63, 3.8) is 0 Å². The Labute approximate surface area is 114 Å². The summed E-state index contributed by atoms with van der Waals surface area (Å²) < 4.78 is 13.2. The van der Waals surface area contributed by atoms with E-state index < -0.39 is 5.82 Å². The van der Waals surface area contributed by atoms with Crippen LogP contribution in [0.3, 0.4) is 0 Å². The Morgan fingerprint density at radius 2 is 1.89 bits per heavy atom. The zero-order chi connectivity index (χ0) is 14.1. The van der Waals surface area contributed by atoms with Gasteiger partial charge in [0, 0.05) is 12.1 Å². The molecule has 0 unspecified atom stereocenters. The average molecular weight is 266 g/mol. The fraction of sp³-hybridized carbons (Fsp3) is 0.533. The Morgan fingerprint density at radius 3 is 2.58 bits per heavy atom. The third-order valence-corrected chi connectivity index (χ3v) is 3.08. The molecule has 0 saturated carbocycles. The molecular weight excluding hydrogens is 243 g/mol. The first-order chi connectivity index (χ1) is 9.15. The van der Waals surface area contributed by atoms with Crippen LogP contribution >= 0.6 is 0 Å². The van der Waals surface area contributed by atoms with E-state index >= 15 is 0 Å². The van der Waals surface area contributed by atoms with Crippen LogP contribution in [0.2, 0.25) is 0 Å². The molecule has 0 bridgehead atoms. The number of hydrogen-bond donors (Lipinski definition) is 2. The number of amides is 1. The minimum absolute atomic E-state index is 0.0625. The Morgan fingerprint density at radius 1 is 1.21 bits per heavy atom. The van der Waals surface area contributed by atoms with Gasteiger partial charge < -0.3 is 11.1 Å². The number of hydrogen-bond acceptors (Lipinski definition) is 2. The van der Waals surface area contributed by atoms with Crippen molar-refractivity contribution in [2.45, 2.75) is 45.4 Å². The van der Waals surface area contributed by atoms with Crippen LogP contribution in [-0.2, 0) is 0 Å². The largest absolute Gasteiger partial charge is 0.396 e. The molecule has 1 aromatic rings. The molecule has 3 N–H and O–H groups in total. The van der Waals surface area contributed by atoms with Gasteiger partial charge in [-0.3, -0.25) is 4.79 Å². The van der Waals surface area contributed by atoms with Gasteiger partial charge in [-0.25, -0.2) is 4.39 Å². The van der Waals surface area contributed by atoms with Crippen LogP contribution in [0, 0.1) is 5.82 Å². The molecule has 0 saturated heterocycles. The fourth-order valence-corrected chi connectivity index (χ4v) is 1.88. The summed E-state index contributed by atoms with van der Waals surface area (Å²) in [5.74, 6) is -0.792. The van der Waals surface area contributed by atoms with E-state index in [9.17, 15) is 9.18 Å². The second-order valence-corrected chi connectivity index (χ2v) is 4.76. The number of nitrogen functional groups attached to an aromatic ring is 1. The SMILES string of the molecule is CCCCCCCCNC(=O)c1ccc(N)c(F)c1. The first-order valence-electron chi connectivity index (χ1n) is 6.98. The molecule has 3 nitrogen and oxygen atoms in total. The zero-order valence-corrected chi connectivity index (χ0v) is 11.5. The highest BCUT2D eigenvalue weighted by molar-refractivity contribution is 5.94. The van der Waals surface area contributed by atoms with E-state index in [1.54, 1.807) is 0 Å². The van der Waals surface area contributed by atoms with E-state index in [4.69, 9.17) is 5.73 Å². The van der Waals surface area contributed by atoms with Gasteiger partial charge in [-0.15, -0.1) is 0 Å². The highest BCUT2D eigenvalue weighted by Crippen LogP contribution is 2.11. The lowest BCUT2D eigenvalue weighted by Gasteiger charge is -2.06. The average Bonchev–Trinajstić information content (AvgIpc) is 2.40. The van der Waals surface area contributed by atoms with Crippen molar-refractivity contribution in [1.29, 1.82) is 0 Å². The molecule has 0 spiro atoms. The fourth-order valence-electron chi connectivity index (χ4n) is 1.88. The number of unbranched alkanes of at least 4 members (excludes halogenated alkanes) is 5. The highest BCUT2D eigenvalue weighted by Gasteiger charge is 2.07. The van der Waals surface area contributed by atoms with Gasteiger partial charge in [-0.1, -0.05) is 39.0 Å². The Kier molecular flexibility index (Phi) is 6.93. The zero-order valence-electron chi connectivity index (χ0n) is 11.5. The summed E-state index contributed by atoms with van der Waals surface area (Å²) in [6.45, 7) is 2.82. The summed E-state index contributed by atoms with van der Waals surface area (Å²) in [6, 6.07) is 4.12. The van der Waals surface area contributed by atoms with Crippen molar-refractivity contribution in [3.05, 3.63) is 29.6 Å². The maximum Gasteiger partial charge on any atom is 0.251 e. The first kappa shape index (κ1) is 15.5. The van der Waals surface area contributed by atoms with Crippen LogP contribution in [-0.4, -0.2) is 12.5 Å². The molecule has 4 heteroatoms. The van der Waals surface area contributed by atoms with Gasteiger partial charge in [-0.05, 0) is 24.6 Å². The molecule has 0 aromatic heterocycles. The molecule has 0 aliphatic carbocycles. The lowest BCUT2D eigenvalue weighted by Crippen LogP contribution is -2.24. The topological polar surface area (TPSA) is 55.1 Å². The maximum absolute atomic E-state index is 13.2. The number of nitrogens with two attached hydrogens (primary N) is 1. The maximum atomic E-state index is 13.2. The molecule has 0 atom stereocenters. The van der Waals surface area contributed by atoms with Crippen molar-refractivity contribution >= 4 is 11.6 Å². The minimum atomic E-state index is -0.549. The number of carbonyl (C=O) groups is 1. The summed E-state index contributed by atoms with van der Waals surface area (Å²) in [5.41, 5.74) is 5.74. The lowest BCUT2D eigenvalue weighted by molar-refractivity contribution is 0.0952. The van der Waals surface area contributed by atoms with Gasteiger partial charge in [0.05, 0.1) is 5.69 Å². The van der Waals surface area contributed by atoms with Crippen molar-refractivity contribution < 1.29 is 9.18 Å². The third kappa shape index (κ3) is 5.73. The van der Waals surface area contributed by atoms with Gasteiger partial charge in [0.25, 0.3) is 5.91 Å². The van der Waals surface area contributed by atoms with E-state index in [0.717, 1.165) is 12.8 Å². The smallest absolute Gasteiger partial charge is 0.251 e. The molecule has 0 radical (unpaired) electrons. The number of nitrogens with one attached hydrogen (secondary N) is 1. The number of carbonyl (C=O) groups excluding carboxylic acids is 1. The molecule has 0 heterocycles. The number of anilines is 1. The summed E-state index contributed by atoms with van der Waals surface area (Å²) in [5, 5.41) is 2.79. The molecule has 1 amide bonds. The summed E-state index contributed by atoms with van der Waals surface area (Å²) >= 11 is 0. The third-order valence-electron chi connectivity index (χ3n) is 3.08. The van der Waals surface area contributed by atoms with Gasteiger partial charge in [0.15, 0.2) is 0 Å². The second kappa shape index (κ2) is 8.51. The number of benzene rings is 1. The molecule has 0 aliphatic heterocycles. The normalized spacial score (nSPS) is 10.4. The summed E-state index contributed by atoms with van der Waals surface area (Å²) in [7, 11) is 0. The van der Waals surface area contributed by atoms with Crippen LogP contribution in [0.15, 0.2) is 18.2 Å². The molecule has 106 valence electrons. The van der Waals surface area contributed by atoms with E-state index in [0.29, 0.717) is 12.1 Å². The van der Waals surface area contributed by atoms with E-state index in [1.807, 2.05) is 0 Å². The molecule has 0 fully saturated rings. The van der Waals surface area contributed by atoms with Crippen molar-refractivity contribution in [2.75, 3.05) is 12.3 Å². The van der Waals surface area contributed by atoms with E-state index in [-0.39, 0.29) is 11.6 Å². The lowest BCUT2D eigenvalue weighted by atomic mass is 10.1. The van der Waals surface area contributed by atoms with E-state index in [1.165, 1.54) is 43.9 Å². The van der Waals surface area contributed by atoms with Crippen molar-refractivity contribution in [2.24, 2.45) is 0 Å². The number of halogens is 1. The first-order valence-corrected chi connectivity index (χ1v) is 6.98. The Balaban J connectivity index is 2.22. The van der Waals surface area contributed by atoms with Crippen LogP contribution in [0.1, 0.15) is 55.8 Å². The van der Waals surface area contributed by atoms with Gasteiger partial charge >= 0.3 is 0 Å². The second-order valence-electron chi connectivity index (χ2n) is 4.76. The van der Waals surface area contributed by atoms with Crippen LogP contribution < -0.4 is 11.1 Å². The van der Waals surface area contributed by atoms with Gasteiger partial charge in [0.1, 0.15) is 5.82 Å². The summed E-state index contributed by atoms with van der Waals surface area (Å²) in [4.78, 5) is 11.7. The van der Waals surface area contributed by atoms with Gasteiger partial charge in [0.2, 0.25) is 0 Å². The van der Waals surface area contributed by atoms with Crippen LogP contribution in [0.5, 0.6) is 0 Å². The predicted octanol–water partition coefficient (Wildman–Crippen LogP) is 3.50. The van der Waals surface area contributed by atoms with Crippen molar-refractivity contribution in [1.82, 2.24) is 5.32 Å². The molecule has 1 aromatic carbocycles. The Bertz CT molecular complexity index is 407. The quantitative estimate of drug-likeness (QED) is 0.559. The standard InChI is InChI=1S/C15H23FN2O/c1-2-3-4-5-6-7-10-18-15(19)12-8-9-14(17)13(16)11-12/h8-9,11H,2-7,10,17H2,1H3,(H,18,19). The minimum Gasteiger partial charge on any atom is -0.396 e. The predicted molar refractivity (Wildman–Crippen MR) is 76.5 cm³/mol. The highest BCUT2D eigenvalue weighted by atomic mass is 19.1. The summed E-state index contributed by atoms with van der Waals surface area (Å²) in [6.07, 6.45) is 7.06. The van der Waals surface area contributed by atoms with Gasteiger partial charge in [-0.2, -0.15) is 0 Å².